The maximum absolute atomic E-state index is 11.4. The molecular weight excluding hydrogens is 218 g/mol. The molecule has 1 aromatic heterocycles. The second kappa shape index (κ2) is 5.77. The third-order valence-electron chi connectivity index (χ3n) is 2.79. The normalized spacial score (nSPS) is 14.9. The van der Waals surface area contributed by atoms with Crippen molar-refractivity contribution in [3.05, 3.63) is 12.2 Å². The fraction of sp³-hybridized carbons (Fsp3) is 0.727. The van der Waals surface area contributed by atoms with Crippen LogP contribution in [-0.2, 0) is 17.9 Å². The lowest BCUT2D eigenvalue weighted by Crippen LogP contribution is -2.29. The van der Waals surface area contributed by atoms with Gasteiger partial charge in [0.25, 0.3) is 0 Å². The fourth-order valence-corrected chi connectivity index (χ4v) is 1.61. The van der Waals surface area contributed by atoms with E-state index in [9.17, 15) is 4.79 Å². The Morgan fingerprint density at radius 3 is 3.12 bits per heavy atom. The van der Waals surface area contributed by atoms with Crippen LogP contribution in [0.15, 0.2) is 6.33 Å². The first-order valence-corrected chi connectivity index (χ1v) is 6.16. The van der Waals surface area contributed by atoms with Crippen LogP contribution in [0.1, 0.15) is 32.0 Å². The van der Waals surface area contributed by atoms with Crippen molar-refractivity contribution < 1.29 is 4.79 Å². The average Bonchev–Trinajstić information content (AvgIpc) is 3.01. The number of hydrogen-bond donors (Lipinski definition) is 2. The van der Waals surface area contributed by atoms with E-state index in [2.05, 4.69) is 27.8 Å². The molecule has 94 valence electrons. The summed E-state index contributed by atoms with van der Waals surface area (Å²) >= 11 is 0. The lowest BCUT2D eigenvalue weighted by Gasteiger charge is -2.06. The molecule has 2 N–H and O–H groups in total. The first-order chi connectivity index (χ1) is 8.29. The molecule has 1 aromatic rings. The molecule has 0 saturated heterocycles. The second-order valence-electron chi connectivity index (χ2n) is 4.30. The molecule has 1 saturated carbocycles. The molecule has 6 nitrogen and oxygen atoms in total. The van der Waals surface area contributed by atoms with E-state index in [0.29, 0.717) is 25.6 Å². The first-order valence-electron chi connectivity index (χ1n) is 6.16. The van der Waals surface area contributed by atoms with Crippen molar-refractivity contribution in [2.24, 2.45) is 0 Å². The SMILES string of the molecule is CCn1cnnc1CNCCC(=O)NC1CC1. The van der Waals surface area contributed by atoms with E-state index >= 15 is 0 Å². The molecule has 0 aliphatic heterocycles. The standard InChI is InChI=1S/C11H19N5O/c1-2-16-8-13-15-10(16)7-12-6-5-11(17)14-9-3-4-9/h8-9,12H,2-7H2,1H3,(H,14,17). The van der Waals surface area contributed by atoms with Gasteiger partial charge in [-0.05, 0) is 19.8 Å². The van der Waals surface area contributed by atoms with Crippen LogP contribution >= 0.6 is 0 Å². The zero-order valence-corrected chi connectivity index (χ0v) is 10.1. The van der Waals surface area contributed by atoms with Crippen LogP contribution < -0.4 is 10.6 Å². The van der Waals surface area contributed by atoms with E-state index in [0.717, 1.165) is 25.2 Å². The van der Waals surface area contributed by atoms with Crippen LogP contribution in [-0.4, -0.2) is 33.3 Å². The zero-order chi connectivity index (χ0) is 12.1. The van der Waals surface area contributed by atoms with E-state index in [4.69, 9.17) is 0 Å². The molecule has 1 amide bonds. The summed E-state index contributed by atoms with van der Waals surface area (Å²) in [5, 5.41) is 14.0. The minimum absolute atomic E-state index is 0.136. The number of rotatable bonds is 7. The van der Waals surface area contributed by atoms with E-state index in [1.54, 1.807) is 6.33 Å². The quantitative estimate of drug-likeness (QED) is 0.658. The molecule has 0 spiro atoms. The molecule has 1 heterocycles. The van der Waals surface area contributed by atoms with Gasteiger partial charge >= 0.3 is 0 Å². The van der Waals surface area contributed by atoms with Gasteiger partial charge < -0.3 is 15.2 Å². The molecule has 0 atom stereocenters. The predicted octanol–water partition coefficient (Wildman–Crippen LogP) is 0.0563. The molecule has 1 fully saturated rings. The Morgan fingerprint density at radius 1 is 1.59 bits per heavy atom. The van der Waals surface area contributed by atoms with Crippen LogP contribution in [0.25, 0.3) is 0 Å². The molecule has 0 aromatic carbocycles. The summed E-state index contributed by atoms with van der Waals surface area (Å²) in [4.78, 5) is 11.4. The highest BCUT2D eigenvalue weighted by Gasteiger charge is 2.22. The molecule has 1 aliphatic carbocycles. The molecule has 0 bridgehead atoms. The summed E-state index contributed by atoms with van der Waals surface area (Å²) in [6.07, 6.45) is 4.52. The number of nitrogens with zero attached hydrogens (tertiary/aromatic N) is 3. The highest BCUT2D eigenvalue weighted by atomic mass is 16.1. The van der Waals surface area contributed by atoms with Gasteiger partial charge in [-0.3, -0.25) is 4.79 Å². The Morgan fingerprint density at radius 2 is 2.41 bits per heavy atom. The van der Waals surface area contributed by atoms with Gasteiger partial charge in [-0.1, -0.05) is 0 Å². The average molecular weight is 237 g/mol. The highest BCUT2D eigenvalue weighted by molar-refractivity contribution is 5.76. The monoisotopic (exact) mass is 237 g/mol. The van der Waals surface area contributed by atoms with Gasteiger partial charge in [0.2, 0.25) is 5.91 Å². The number of carbonyl (C=O) groups excluding carboxylic acids is 1. The third-order valence-corrected chi connectivity index (χ3v) is 2.79. The van der Waals surface area contributed by atoms with Crippen LogP contribution in [0.3, 0.4) is 0 Å². The summed E-state index contributed by atoms with van der Waals surface area (Å²) in [5.41, 5.74) is 0. The molecule has 0 radical (unpaired) electrons. The van der Waals surface area contributed by atoms with Crippen LogP contribution in [0.2, 0.25) is 0 Å². The third kappa shape index (κ3) is 3.81. The molecule has 2 rings (SSSR count). The number of carbonyl (C=O) groups is 1. The summed E-state index contributed by atoms with van der Waals surface area (Å²) < 4.78 is 1.98. The topological polar surface area (TPSA) is 71.8 Å². The van der Waals surface area contributed by atoms with Crippen LogP contribution in [0, 0.1) is 0 Å². The highest BCUT2D eigenvalue weighted by Crippen LogP contribution is 2.18. The van der Waals surface area contributed by atoms with Crippen molar-refractivity contribution in [2.75, 3.05) is 6.54 Å². The van der Waals surface area contributed by atoms with Crippen LogP contribution in [0.5, 0.6) is 0 Å². The number of nitrogens with one attached hydrogen (secondary N) is 2. The minimum atomic E-state index is 0.136. The van der Waals surface area contributed by atoms with E-state index in [1.807, 2.05) is 4.57 Å². The van der Waals surface area contributed by atoms with Gasteiger partial charge in [0.05, 0.1) is 6.54 Å². The van der Waals surface area contributed by atoms with Gasteiger partial charge in [0.1, 0.15) is 12.2 Å². The van der Waals surface area contributed by atoms with Crippen molar-refractivity contribution in [1.29, 1.82) is 0 Å². The lowest BCUT2D eigenvalue weighted by atomic mass is 10.4. The largest absolute Gasteiger partial charge is 0.353 e. The molecule has 17 heavy (non-hydrogen) atoms. The Kier molecular flexibility index (Phi) is 4.08. The van der Waals surface area contributed by atoms with Crippen molar-refractivity contribution in [3.63, 3.8) is 0 Å². The van der Waals surface area contributed by atoms with Crippen molar-refractivity contribution in [2.45, 2.75) is 45.3 Å². The number of amides is 1. The summed E-state index contributed by atoms with van der Waals surface area (Å²) in [7, 11) is 0. The Labute approximate surface area is 101 Å². The summed E-state index contributed by atoms with van der Waals surface area (Å²) in [5.74, 6) is 1.05. The number of hydrogen-bond acceptors (Lipinski definition) is 4. The minimum Gasteiger partial charge on any atom is -0.353 e. The van der Waals surface area contributed by atoms with Gasteiger partial charge in [0, 0.05) is 25.6 Å². The molecule has 0 unspecified atom stereocenters. The first kappa shape index (κ1) is 12.0. The lowest BCUT2D eigenvalue weighted by molar-refractivity contribution is -0.121. The summed E-state index contributed by atoms with van der Waals surface area (Å²) in [6, 6.07) is 0.450. The number of aromatic nitrogens is 3. The second-order valence-corrected chi connectivity index (χ2v) is 4.30. The van der Waals surface area contributed by atoms with E-state index < -0.39 is 0 Å². The van der Waals surface area contributed by atoms with Gasteiger partial charge in [-0.15, -0.1) is 10.2 Å². The van der Waals surface area contributed by atoms with Gasteiger partial charge in [0.15, 0.2) is 0 Å². The Hall–Kier alpha value is -1.43. The Balaban J connectivity index is 1.60. The maximum Gasteiger partial charge on any atom is 0.221 e. The summed E-state index contributed by atoms with van der Waals surface area (Å²) in [6.45, 7) is 4.25. The smallest absolute Gasteiger partial charge is 0.221 e. The zero-order valence-electron chi connectivity index (χ0n) is 10.1. The van der Waals surface area contributed by atoms with E-state index in [1.165, 1.54) is 0 Å². The van der Waals surface area contributed by atoms with Crippen molar-refractivity contribution in [3.8, 4) is 0 Å². The van der Waals surface area contributed by atoms with Crippen molar-refractivity contribution >= 4 is 5.91 Å². The number of aryl methyl sites for hydroxylation is 1. The maximum atomic E-state index is 11.4. The van der Waals surface area contributed by atoms with Gasteiger partial charge in [-0.2, -0.15) is 0 Å². The van der Waals surface area contributed by atoms with Gasteiger partial charge in [-0.25, -0.2) is 0 Å². The fourth-order valence-electron chi connectivity index (χ4n) is 1.61. The predicted molar refractivity (Wildman–Crippen MR) is 63.2 cm³/mol. The Bertz CT molecular complexity index is 372. The van der Waals surface area contributed by atoms with E-state index in [-0.39, 0.29) is 5.91 Å². The van der Waals surface area contributed by atoms with Crippen LogP contribution in [0.4, 0.5) is 0 Å². The molecule has 1 aliphatic rings. The van der Waals surface area contributed by atoms with Crippen molar-refractivity contribution in [1.82, 2.24) is 25.4 Å². The molecule has 6 heteroatoms. The molecular formula is C11H19N5O.